The molecule has 0 saturated carbocycles. The molecule has 63 heavy (non-hydrogen) atoms. The molecule has 0 saturated heterocycles. The smallest absolute Gasteiger partial charge is 0.303 e. The molecule has 1 unspecified atom stereocenters. The summed E-state index contributed by atoms with van der Waals surface area (Å²) in [6.45, 7) is 16.9. The maximum atomic E-state index is 12.3. The van der Waals surface area contributed by atoms with Crippen molar-refractivity contribution in [3.05, 3.63) is 82.6 Å². The first-order chi connectivity index (χ1) is 29.8. The number of methoxy groups -OCH3 is 2. The van der Waals surface area contributed by atoms with Gasteiger partial charge in [0.2, 0.25) is 5.36 Å². The van der Waals surface area contributed by atoms with Gasteiger partial charge in [-0.15, -0.1) is 0 Å². The number of unbranched alkanes of at least 4 members (excludes halogenated alkanes) is 2. The number of benzene rings is 2. The predicted octanol–water partition coefficient (Wildman–Crippen LogP) is 7.04. The van der Waals surface area contributed by atoms with E-state index in [1.807, 2.05) is 56.0 Å². The number of aliphatic carboxylic acids is 1. The Balaban J connectivity index is 0.00000520. The summed E-state index contributed by atoms with van der Waals surface area (Å²) < 4.78 is 98.5. The van der Waals surface area contributed by atoms with Crippen LogP contribution in [0.25, 0.3) is 17.4 Å². The van der Waals surface area contributed by atoms with Gasteiger partial charge < -0.3 is 33.4 Å². The van der Waals surface area contributed by atoms with Crippen molar-refractivity contribution >= 4 is 38.0 Å². The normalized spacial score (nSPS) is 16.2. The Hall–Kier alpha value is -3.94. The largest absolute Gasteiger partial charge is 0.481 e. The lowest BCUT2D eigenvalue weighted by Crippen LogP contribution is -2.36. The highest BCUT2D eigenvalue weighted by molar-refractivity contribution is 7.86. The molecule has 0 bridgehead atoms. The first kappa shape index (κ1) is 53.4. The molecular formula is C46H69N2O13S2+. The number of allylic oxidation sites excluding steroid dienone is 3. The zero-order chi connectivity index (χ0) is 46.8. The minimum atomic E-state index is -4.58. The molecule has 352 valence electrons. The van der Waals surface area contributed by atoms with Crippen LogP contribution in [0, 0.1) is 0 Å². The van der Waals surface area contributed by atoms with Crippen LogP contribution in [-0.4, -0.2) is 116 Å². The Morgan fingerprint density at radius 3 is 2.08 bits per heavy atom. The Morgan fingerprint density at radius 1 is 0.857 bits per heavy atom. The predicted molar refractivity (Wildman–Crippen MR) is 246 cm³/mol. The van der Waals surface area contributed by atoms with Crippen LogP contribution in [0.1, 0.15) is 97.0 Å². The Kier molecular flexibility index (Phi) is 21.1. The number of hydrogen-bond donors (Lipinski definition) is 3. The number of fused-ring (bicyclic) bond motifs is 2. The van der Waals surface area contributed by atoms with Crippen LogP contribution in [0.4, 0.5) is 5.69 Å². The van der Waals surface area contributed by atoms with Gasteiger partial charge in [0, 0.05) is 55.6 Å². The van der Waals surface area contributed by atoms with Gasteiger partial charge in [0.1, 0.15) is 24.7 Å². The molecule has 1 aliphatic carbocycles. The summed E-state index contributed by atoms with van der Waals surface area (Å²) in [5, 5.41) is 10.1. The highest BCUT2D eigenvalue weighted by atomic mass is 32.2. The summed E-state index contributed by atoms with van der Waals surface area (Å²) in [7, 11) is -5.60. The quantitative estimate of drug-likeness (QED) is 0.0444. The van der Waals surface area contributed by atoms with E-state index in [1.54, 1.807) is 20.3 Å². The van der Waals surface area contributed by atoms with Crippen molar-refractivity contribution in [3.63, 3.8) is 0 Å². The minimum Gasteiger partial charge on any atom is -0.481 e. The Bertz CT molecular complexity index is 2240. The van der Waals surface area contributed by atoms with Crippen molar-refractivity contribution in [1.82, 2.24) is 4.58 Å². The molecular weight excluding hydrogens is 853 g/mol. The third-order valence-corrected chi connectivity index (χ3v) is 12.3. The number of anilines is 1. The standard InChI is InChI=1S/C44H62N2O13S2.C2H6/c1-43(2,3)37-31-34(59-40-30-33(15-17-36(37)40)45(21-23-57-27-25-55-5)22-24-58-28-26-56-6)12-10-13-41-44(4,19-11-29-60(49,50)51)38-32-35(61(52,53)54)16-18-39(38)46(41)20-9-7-8-14-42(47)48;1-2/h10,12-13,15-18,30-32H,7-9,11,14,19-29H2,1-6H3,(H2-,47,48,49,50,51,52,53,54);1-2H3/p+1. The second-order valence-corrected chi connectivity index (χ2v) is 19.3. The zero-order valence-electron chi connectivity index (χ0n) is 38.2. The fourth-order valence-electron chi connectivity index (χ4n) is 7.56. The summed E-state index contributed by atoms with van der Waals surface area (Å²) in [6.07, 6.45) is 7.59. The van der Waals surface area contributed by atoms with Gasteiger partial charge in [0.05, 0.1) is 43.1 Å². The molecule has 1 aromatic carbocycles. The van der Waals surface area contributed by atoms with E-state index >= 15 is 0 Å². The summed E-state index contributed by atoms with van der Waals surface area (Å²) >= 11 is 0. The summed E-state index contributed by atoms with van der Waals surface area (Å²) in [4.78, 5) is 12.9. The van der Waals surface area contributed by atoms with E-state index in [0.29, 0.717) is 101 Å². The molecule has 2 aliphatic heterocycles. The van der Waals surface area contributed by atoms with Crippen molar-refractivity contribution in [1.29, 1.82) is 0 Å². The summed E-state index contributed by atoms with van der Waals surface area (Å²) in [5.41, 5.74) is 2.78. The van der Waals surface area contributed by atoms with E-state index in [0.717, 1.165) is 22.2 Å². The molecule has 0 radical (unpaired) electrons. The van der Waals surface area contributed by atoms with Gasteiger partial charge in [0.25, 0.3) is 20.2 Å². The lowest BCUT2D eigenvalue weighted by atomic mass is 9.77. The molecule has 17 heteroatoms. The lowest BCUT2D eigenvalue weighted by molar-refractivity contribution is -0.137. The van der Waals surface area contributed by atoms with Crippen molar-refractivity contribution in [3.8, 4) is 11.3 Å². The third-order valence-electron chi connectivity index (χ3n) is 10.7. The van der Waals surface area contributed by atoms with Gasteiger partial charge in [-0.25, -0.2) is 4.58 Å². The Morgan fingerprint density at radius 2 is 1.51 bits per heavy atom. The fourth-order valence-corrected chi connectivity index (χ4v) is 8.58. The fraction of sp³-hybridized carbons (Fsp3) is 0.565. The zero-order valence-corrected chi connectivity index (χ0v) is 39.9. The molecule has 3 aliphatic rings. The molecule has 1 aromatic rings. The van der Waals surface area contributed by atoms with E-state index in [2.05, 4.69) is 37.5 Å². The van der Waals surface area contributed by atoms with Crippen LogP contribution < -0.4 is 14.8 Å². The number of ether oxygens (including phenoxy) is 4. The number of nitrogens with zero attached hydrogens (tertiary/aromatic N) is 2. The van der Waals surface area contributed by atoms with Gasteiger partial charge in [-0.2, -0.15) is 16.8 Å². The maximum absolute atomic E-state index is 12.3. The second kappa shape index (κ2) is 24.9. The number of carboxylic acid groups (broad SMARTS) is 1. The number of hydrogen-bond acceptors (Lipinski definition) is 11. The topological polar surface area (TPSA) is 202 Å². The van der Waals surface area contributed by atoms with Crippen molar-refractivity contribution in [2.75, 3.05) is 84.1 Å². The van der Waals surface area contributed by atoms with E-state index in [-0.39, 0.29) is 29.6 Å². The molecule has 15 nitrogen and oxygen atoms in total. The highest BCUT2D eigenvalue weighted by Gasteiger charge is 2.43. The molecule has 1 atom stereocenters. The molecule has 0 fully saturated rings. The number of carbonyl (C=O) groups is 1. The van der Waals surface area contributed by atoms with Crippen LogP contribution in [0.3, 0.4) is 0 Å². The van der Waals surface area contributed by atoms with E-state index < -0.39 is 37.4 Å². The monoisotopic (exact) mass is 921 g/mol. The highest BCUT2D eigenvalue weighted by Crippen LogP contribution is 2.51. The average molecular weight is 922 g/mol. The van der Waals surface area contributed by atoms with Crippen molar-refractivity contribution in [2.45, 2.75) is 95.8 Å². The van der Waals surface area contributed by atoms with Crippen LogP contribution in [-0.2, 0) is 54.8 Å². The summed E-state index contributed by atoms with van der Waals surface area (Å²) in [6, 6.07) is 12.5. The average Bonchev–Trinajstić information content (AvgIpc) is 3.44. The Labute approximate surface area is 374 Å². The van der Waals surface area contributed by atoms with E-state index in [9.17, 15) is 35.8 Å². The first-order valence-electron chi connectivity index (χ1n) is 21.5. The maximum Gasteiger partial charge on any atom is 0.303 e. The molecule has 0 amide bonds. The van der Waals surface area contributed by atoms with Crippen LogP contribution in [0.5, 0.6) is 0 Å². The first-order valence-corrected chi connectivity index (χ1v) is 24.6. The summed E-state index contributed by atoms with van der Waals surface area (Å²) in [5.74, 6) is -0.135. The van der Waals surface area contributed by atoms with Crippen LogP contribution in [0.15, 0.2) is 69.6 Å². The number of carboxylic acids is 1. The van der Waals surface area contributed by atoms with E-state index in [4.69, 9.17) is 23.4 Å². The third kappa shape index (κ3) is 16.2. The van der Waals surface area contributed by atoms with Crippen LogP contribution in [0.2, 0.25) is 0 Å². The SMILES string of the molecule is CC.COCCOCC[N+](CCOCCOC)=c1ccc2c(C(C)(C)C)cc(/C=C/C=C3/N(CCCCCC(=O)O)c4ccc(S(=O)(=O)O)cc4C3(C)CCCS(=O)(=O)O)oc-2c1. The molecule has 3 N–H and O–H groups in total. The lowest BCUT2D eigenvalue weighted by Gasteiger charge is -2.30. The van der Waals surface area contributed by atoms with Gasteiger partial charge in [-0.3, -0.25) is 13.9 Å². The molecule has 0 aromatic heterocycles. The van der Waals surface area contributed by atoms with Gasteiger partial charge >= 0.3 is 5.97 Å². The van der Waals surface area contributed by atoms with Gasteiger partial charge in [-0.05, 0) is 91.6 Å². The van der Waals surface area contributed by atoms with Gasteiger partial charge in [-0.1, -0.05) is 47.1 Å². The van der Waals surface area contributed by atoms with Crippen molar-refractivity contribution < 1.29 is 59.2 Å². The number of rotatable bonds is 25. The molecule has 4 rings (SSSR count). The molecule has 2 heterocycles. The second-order valence-electron chi connectivity index (χ2n) is 16.3. The minimum absolute atomic E-state index is 0.0328. The van der Waals surface area contributed by atoms with Crippen molar-refractivity contribution in [2.24, 2.45) is 0 Å². The van der Waals surface area contributed by atoms with Crippen LogP contribution >= 0.6 is 0 Å². The van der Waals surface area contributed by atoms with E-state index in [1.165, 1.54) is 12.1 Å². The van der Waals surface area contributed by atoms with Gasteiger partial charge in [0.15, 0.2) is 13.1 Å². The molecule has 0 spiro atoms.